The highest BCUT2D eigenvalue weighted by Crippen LogP contribution is 2.18. The molecule has 4 heteroatoms. The first kappa shape index (κ1) is 17.0. The van der Waals surface area contributed by atoms with Gasteiger partial charge in [-0.25, -0.2) is 0 Å². The molecule has 20 heavy (non-hydrogen) atoms. The van der Waals surface area contributed by atoms with Crippen molar-refractivity contribution in [2.45, 2.75) is 65.3 Å². The lowest BCUT2D eigenvalue weighted by Crippen LogP contribution is -2.40. The molecule has 1 fully saturated rings. The first-order valence-electron chi connectivity index (χ1n) is 7.99. The molecule has 116 valence electrons. The number of carbonyl (C=O) groups excluding carboxylic acids is 2. The predicted molar refractivity (Wildman–Crippen MR) is 81.4 cm³/mol. The number of amides is 2. The molecule has 0 aliphatic carbocycles. The van der Waals surface area contributed by atoms with Crippen molar-refractivity contribution in [1.82, 2.24) is 9.80 Å². The SMILES string of the molecule is CCC(CCC(C)C(=O)N1CCCCC1)N(C)C(C)=O. The molecule has 1 aliphatic rings. The minimum Gasteiger partial charge on any atom is -0.343 e. The average molecular weight is 282 g/mol. The molecule has 2 unspecified atom stereocenters. The first-order chi connectivity index (χ1) is 9.47. The van der Waals surface area contributed by atoms with Crippen LogP contribution in [0.15, 0.2) is 0 Å². The van der Waals surface area contributed by atoms with Crippen molar-refractivity contribution in [3.05, 3.63) is 0 Å². The summed E-state index contributed by atoms with van der Waals surface area (Å²) in [5.74, 6) is 0.472. The molecule has 0 saturated carbocycles. The zero-order chi connectivity index (χ0) is 15.1. The lowest BCUT2D eigenvalue weighted by molar-refractivity contribution is -0.136. The smallest absolute Gasteiger partial charge is 0.225 e. The average Bonchev–Trinajstić information content (AvgIpc) is 2.47. The van der Waals surface area contributed by atoms with Gasteiger partial charge in [-0.1, -0.05) is 13.8 Å². The molecule has 0 aromatic carbocycles. The zero-order valence-corrected chi connectivity index (χ0v) is 13.5. The Bertz CT molecular complexity index is 324. The number of rotatable bonds is 6. The molecule has 2 amide bonds. The molecule has 0 aromatic rings. The molecule has 4 nitrogen and oxygen atoms in total. The van der Waals surface area contributed by atoms with Crippen LogP contribution in [0.5, 0.6) is 0 Å². The molecule has 1 aliphatic heterocycles. The highest BCUT2D eigenvalue weighted by Gasteiger charge is 2.23. The van der Waals surface area contributed by atoms with E-state index in [1.165, 1.54) is 6.42 Å². The minimum atomic E-state index is 0.0718. The maximum absolute atomic E-state index is 12.3. The van der Waals surface area contributed by atoms with E-state index >= 15 is 0 Å². The van der Waals surface area contributed by atoms with Crippen LogP contribution in [0.2, 0.25) is 0 Å². The lowest BCUT2D eigenvalue weighted by Gasteiger charge is -2.31. The Morgan fingerprint density at radius 3 is 2.25 bits per heavy atom. The lowest BCUT2D eigenvalue weighted by atomic mass is 9.97. The van der Waals surface area contributed by atoms with Crippen LogP contribution < -0.4 is 0 Å². The second-order valence-electron chi connectivity index (χ2n) is 6.06. The number of likely N-dealkylation sites (tertiary alicyclic amines) is 1. The summed E-state index contributed by atoms with van der Waals surface area (Å²) >= 11 is 0. The van der Waals surface area contributed by atoms with Crippen LogP contribution in [0, 0.1) is 5.92 Å². The normalized spacial score (nSPS) is 18.5. The van der Waals surface area contributed by atoms with Gasteiger partial charge in [0.25, 0.3) is 0 Å². The van der Waals surface area contributed by atoms with E-state index in [-0.39, 0.29) is 17.9 Å². The summed E-state index contributed by atoms with van der Waals surface area (Å²) in [5, 5.41) is 0. The fourth-order valence-electron chi connectivity index (χ4n) is 2.92. The highest BCUT2D eigenvalue weighted by molar-refractivity contribution is 5.78. The Morgan fingerprint density at radius 2 is 1.75 bits per heavy atom. The van der Waals surface area contributed by atoms with Gasteiger partial charge in [-0.3, -0.25) is 9.59 Å². The molecule has 0 bridgehead atoms. The van der Waals surface area contributed by atoms with Gasteiger partial charge in [-0.15, -0.1) is 0 Å². The third-order valence-electron chi connectivity index (χ3n) is 4.54. The molecule has 1 saturated heterocycles. The summed E-state index contributed by atoms with van der Waals surface area (Å²) in [6.07, 6.45) is 6.26. The molecule has 2 atom stereocenters. The van der Waals surface area contributed by atoms with Crippen molar-refractivity contribution >= 4 is 11.8 Å². The van der Waals surface area contributed by atoms with E-state index in [4.69, 9.17) is 0 Å². The first-order valence-corrected chi connectivity index (χ1v) is 7.99. The maximum Gasteiger partial charge on any atom is 0.225 e. The van der Waals surface area contributed by atoms with Gasteiger partial charge < -0.3 is 9.80 Å². The third-order valence-corrected chi connectivity index (χ3v) is 4.54. The molecule has 0 aromatic heterocycles. The van der Waals surface area contributed by atoms with Crippen molar-refractivity contribution < 1.29 is 9.59 Å². The van der Waals surface area contributed by atoms with Crippen molar-refractivity contribution in [3.8, 4) is 0 Å². The Morgan fingerprint density at radius 1 is 1.15 bits per heavy atom. The van der Waals surface area contributed by atoms with E-state index in [1.54, 1.807) is 11.8 Å². The Balaban J connectivity index is 2.42. The Hall–Kier alpha value is -1.06. The number of hydrogen-bond acceptors (Lipinski definition) is 2. The topological polar surface area (TPSA) is 40.6 Å². The standard InChI is InChI=1S/C16H30N2O2/c1-5-15(17(4)14(3)19)10-9-13(2)16(20)18-11-7-6-8-12-18/h13,15H,5-12H2,1-4H3. The minimum absolute atomic E-state index is 0.0718. The van der Waals surface area contributed by atoms with E-state index < -0.39 is 0 Å². The maximum atomic E-state index is 12.3. The van der Waals surface area contributed by atoms with Crippen LogP contribution in [0.4, 0.5) is 0 Å². The van der Waals surface area contributed by atoms with Crippen LogP contribution in [-0.2, 0) is 9.59 Å². The van der Waals surface area contributed by atoms with Crippen molar-refractivity contribution in [1.29, 1.82) is 0 Å². The van der Waals surface area contributed by atoms with Gasteiger partial charge in [0.1, 0.15) is 0 Å². The number of carbonyl (C=O) groups is 2. The van der Waals surface area contributed by atoms with Crippen LogP contribution in [0.1, 0.15) is 59.3 Å². The molecular formula is C16H30N2O2. The zero-order valence-electron chi connectivity index (χ0n) is 13.5. The molecule has 0 spiro atoms. The summed E-state index contributed by atoms with van der Waals surface area (Å²) < 4.78 is 0. The largest absolute Gasteiger partial charge is 0.343 e. The van der Waals surface area contributed by atoms with Gasteiger partial charge in [0, 0.05) is 39.0 Å². The van der Waals surface area contributed by atoms with E-state index in [9.17, 15) is 9.59 Å². The number of hydrogen-bond donors (Lipinski definition) is 0. The predicted octanol–water partition coefficient (Wildman–Crippen LogP) is 2.67. The van der Waals surface area contributed by atoms with Crippen LogP contribution in [0.25, 0.3) is 0 Å². The quantitative estimate of drug-likeness (QED) is 0.751. The molecule has 1 heterocycles. The number of nitrogens with zero attached hydrogens (tertiary/aromatic N) is 2. The Labute approximate surface area is 123 Å². The second kappa shape index (κ2) is 8.28. The second-order valence-corrected chi connectivity index (χ2v) is 6.06. The van der Waals surface area contributed by atoms with Crippen molar-refractivity contribution in [2.24, 2.45) is 5.92 Å². The van der Waals surface area contributed by atoms with Crippen molar-refractivity contribution in [2.75, 3.05) is 20.1 Å². The van der Waals surface area contributed by atoms with E-state index in [0.717, 1.165) is 45.2 Å². The third kappa shape index (κ3) is 4.80. The highest BCUT2D eigenvalue weighted by atomic mass is 16.2. The van der Waals surface area contributed by atoms with Gasteiger partial charge in [-0.05, 0) is 38.5 Å². The van der Waals surface area contributed by atoms with Gasteiger partial charge in [-0.2, -0.15) is 0 Å². The fourth-order valence-corrected chi connectivity index (χ4v) is 2.92. The molecule has 0 N–H and O–H groups in total. The fraction of sp³-hybridized carbons (Fsp3) is 0.875. The van der Waals surface area contributed by atoms with Gasteiger partial charge in [0.2, 0.25) is 11.8 Å². The van der Waals surface area contributed by atoms with Gasteiger partial charge in [0.05, 0.1) is 0 Å². The molecule has 1 rings (SSSR count). The van der Waals surface area contributed by atoms with E-state index in [1.807, 2.05) is 18.9 Å². The molecule has 0 radical (unpaired) electrons. The summed E-state index contributed by atoms with van der Waals surface area (Å²) in [7, 11) is 1.85. The van der Waals surface area contributed by atoms with Gasteiger partial charge >= 0.3 is 0 Å². The van der Waals surface area contributed by atoms with Gasteiger partial charge in [0.15, 0.2) is 0 Å². The number of piperidine rings is 1. The van der Waals surface area contributed by atoms with Crippen LogP contribution >= 0.6 is 0 Å². The van der Waals surface area contributed by atoms with E-state index in [0.29, 0.717) is 5.91 Å². The molecular weight excluding hydrogens is 252 g/mol. The Kier molecular flexibility index (Phi) is 7.03. The summed E-state index contributed by atoms with van der Waals surface area (Å²) in [6.45, 7) is 7.57. The summed E-state index contributed by atoms with van der Waals surface area (Å²) in [6, 6.07) is 0.254. The van der Waals surface area contributed by atoms with Crippen LogP contribution in [0.3, 0.4) is 0 Å². The van der Waals surface area contributed by atoms with Crippen LogP contribution in [-0.4, -0.2) is 47.8 Å². The van der Waals surface area contributed by atoms with E-state index in [2.05, 4.69) is 6.92 Å². The summed E-state index contributed by atoms with van der Waals surface area (Å²) in [5.41, 5.74) is 0. The van der Waals surface area contributed by atoms with Crippen molar-refractivity contribution in [3.63, 3.8) is 0 Å². The summed E-state index contributed by atoms with van der Waals surface area (Å²) in [4.78, 5) is 27.6. The monoisotopic (exact) mass is 282 g/mol.